The molecule has 27 heavy (non-hydrogen) atoms. The number of nitrogens with zero attached hydrogens (tertiary/aromatic N) is 2. The molecule has 0 saturated carbocycles. The van der Waals surface area contributed by atoms with Crippen LogP contribution in [0.5, 0.6) is 11.5 Å². The van der Waals surface area contributed by atoms with Crippen molar-refractivity contribution in [2.24, 2.45) is 5.10 Å². The molecule has 0 radical (unpaired) electrons. The number of hydrogen-bond acceptors (Lipinski definition) is 7. The summed E-state index contributed by atoms with van der Waals surface area (Å²) in [4.78, 5) is 16.7. The standard InChI is InChI=1S/C19H20N4O3S/c1-12(21-19-22-14-6-4-5-7-17(14)27-19)18(24)23-20-11-13-8-9-15(25-2)16(10-13)26-3/h4-12H,1-3H3,(H,21,22)(H,23,24)/b20-11-/t12-/m0/s1. The van der Waals surface area contributed by atoms with E-state index < -0.39 is 6.04 Å². The molecule has 140 valence electrons. The number of hydrogen-bond donors (Lipinski definition) is 2. The molecule has 1 heterocycles. The average molecular weight is 384 g/mol. The van der Waals surface area contributed by atoms with E-state index in [4.69, 9.17) is 9.47 Å². The Morgan fingerprint density at radius 2 is 1.96 bits per heavy atom. The van der Waals surface area contributed by atoms with Gasteiger partial charge < -0.3 is 14.8 Å². The van der Waals surface area contributed by atoms with Crippen molar-refractivity contribution >= 4 is 38.8 Å². The lowest BCUT2D eigenvalue weighted by Crippen LogP contribution is -2.34. The highest BCUT2D eigenvalue weighted by molar-refractivity contribution is 7.22. The van der Waals surface area contributed by atoms with E-state index in [2.05, 4.69) is 20.8 Å². The molecule has 7 nitrogen and oxygen atoms in total. The van der Waals surface area contributed by atoms with E-state index >= 15 is 0 Å². The number of hydrazone groups is 1. The summed E-state index contributed by atoms with van der Waals surface area (Å²) in [5.41, 5.74) is 4.21. The second-order valence-corrected chi connectivity index (χ2v) is 6.73. The lowest BCUT2D eigenvalue weighted by molar-refractivity contribution is -0.121. The monoisotopic (exact) mass is 384 g/mol. The van der Waals surface area contributed by atoms with Crippen LogP contribution in [0.4, 0.5) is 5.13 Å². The van der Waals surface area contributed by atoms with Gasteiger partial charge in [-0.25, -0.2) is 10.4 Å². The van der Waals surface area contributed by atoms with Crippen molar-refractivity contribution in [3.05, 3.63) is 48.0 Å². The van der Waals surface area contributed by atoms with Gasteiger partial charge in [0.15, 0.2) is 16.6 Å². The third-order valence-electron chi connectivity index (χ3n) is 3.82. The first-order valence-corrected chi connectivity index (χ1v) is 9.09. The topological polar surface area (TPSA) is 84.8 Å². The number of rotatable bonds is 7. The summed E-state index contributed by atoms with van der Waals surface area (Å²) in [5.74, 6) is 0.969. The number of benzene rings is 2. The predicted octanol–water partition coefficient (Wildman–Crippen LogP) is 3.26. The Balaban J connectivity index is 1.58. The quantitative estimate of drug-likeness (QED) is 0.482. The van der Waals surface area contributed by atoms with Gasteiger partial charge in [-0.2, -0.15) is 5.10 Å². The van der Waals surface area contributed by atoms with Crippen molar-refractivity contribution < 1.29 is 14.3 Å². The highest BCUT2D eigenvalue weighted by atomic mass is 32.1. The second-order valence-electron chi connectivity index (χ2n) is 5.70. The number of thiazole rings is 1. The van der Waals surface area contributed by atoms with Gasteiger partial charge in [0, 0.05) is 0 Å². The van der Waals surface area contributed by atoms with E-state index in [1.807, 2.05) is 30.3 Å². The number of amides is 1. The molecule has 0 aliphatic rings. The molecule has 2 N–H and O–H groups in total. The van der Waals surface area contributed by atoms with Crippen LogP contribution in [0.1, 0.15) is 12.5 Å². The first-order chi connectivity index (χ1) is 13.1. The number of ether oxygens (including phenoxy) is 2. The van der Waals surface area contributed by atoms with Gasteiger partial charge >= 0.3 is 0 Å². The first kappa shape index (κ1) is 18.7. The second kappa shape index (κ2) is 8.50. The molecule has 1 aromatic heterocycles. The van der Waals surface area contributed by atoms with Crippen LogP contribution >= 0.6 is 11.3 Å². The minimum Gasteiger partial charge on any atom is -0.493 e. The zero-order valence-corrected chi connectivity index (χ0v) is 16.0. The van der Waals surface area contributed by atoms with Gasteiger partial charge in [0.1, 0.15) is 6.04 Å². The van der Waals surface area contributed by atoms with Crippen molar-refractivity contribution in [2.75, 3.05) is 19.5 Å². The van der Waals surface area contributed by atoms with Gasteiger partial charge in [0.25, 0.3) is 5.91 Å². The summed E-state index contributed by atoms with van der Waals surface area (Å²) in [6.45, 7) is 1.76. The smallest absolute Gasteiger partial charge is 0.262 e. The van der Waals surface area contributed by atoms with Gasteiger partial charge in [0.2, 0.25) is 0 Å². The summed E-state index contributed by atoms with van der Waals surface area (Å²) < 4.78 is 11.5. The van der Waals surface area contributed by atoms with Crippen LogP contribution in [0.25, 0.3) is 10.2 Å². The Morgan fingerprint density at radius 3 is 2.70 bits per heavy atom. The van der Waals surface area contributed by atoms with Crippen LogP contribution < -0.4 is 20.2 Å². The Hall–Kier alpha value is -3.13. The predicted molar refractivity (Wildman–Crippen MR) is 108 cm³/mol. The molecular weight excluding hydrogens is 364 g/mol. The Kier molecular flexibility index (Phi) is 5.87. The van der Waals surface area contributed by atoms with Crippen molar-refractivity contribution in [3.63, 3.8) is 0 Å². The molecule has 0 bridgehead atoms. The summed E-state index contributed by atoms with van der Waals surface area (Å²) in [6.07, 6.45) is 1.55. The molecule has 1 amide bonds. The number of fused-ring (bicyclic) bond motifs is 1. The van der Waals surface area contributed by atoms with Crippen molar-refractivity contribution in [1.82, 2.24) is 10.4 Å². The Morgan fingerprint density at radius 1 is 1.19 bits per heavy atom. The number of carbonyl (C=O) groups is 1. The molecule has 2 aromatic carbocycles. The van der Waals surface area contributed by atoms with Crippen LogP contribution in [0, 0.1) is 0 Å². The van der Waals surface area contributed by atoms with E-state index in [1.165, 1.54) is 11.3 Å². The Bertz CT molecular complexity index is 937. The largest absolute Gasteiger partial charge is 0.493 e. The normalized spacial score (nSPS) is 12.1. The zero-order chi connectivity index (χ0) is 19.2. The Labute approximate surface area is 161 Å². The number of nitrogens with one attached hydrogen (secondary N) is 2. The minimum absolute atomic E-state index is 0.258. The molecular formula is C19H20N4O3S. The fraction of sp³-hybridized carbons (Fsp3) is 0.211. The highest BCUT2D eigenvalue weighted by Gasteiger charge is 2.14. The van der Waals surface area contributed by atoms with Crippen LogP contribution in [-0.4, -0.2) is 37.4 Å². The van der Waals surface area contributed by atoms with Gasteiger partial charge in [0.05, 0.1) is 30.7 Å². The van der Waals surface area contributed by atoms with E-state index in [1.54, 1.807) is 39.5 Å². The lowest BCUT2D eigenvalue weighted by Gasteiger charge is -2.10. The maximum Gasteiger partial charge on any atom is 0.262 e. The summed E-state index contributed by atoms with van der Waals surface area (Å²) in [5, 5.41) is 7.79. The maximum atomic E-state index is 12.2. The zero-order valence-electron chi connectivity index (χ0n) is 15.2. The fourth-order valence-electron chi connectivity index (χ4n) is 2.39. The molecule has 0 spiro atoms. The number of methoxy groups -OCH3 is 2. The van der Waals surface area contributed by atoms with E-state index in [-0.39, 0.29) is 5.91 Å². The van der Waals surface area contributed by atoms with E-state index in [0.29, 0.717) is 16.6 Å². The maximum absolute atomic E-state index is 12.2. The van der Waals surface area contributed by atoms with Gasteiger partial charge in [-0.1, -0.05) is 23.5 Å². The fourth-order valence-corrected chi connectivity index (χ4v) is 3.34. The molecule has 3 aromatic rings. The average Bonchev–Trinajstić information content (AvgIpc) is 3.09. The number of para-hydroxylation sites is 1. The van der Waals surface area contributed by atoms with E-state index in [0.717, 1.165) is 15.8 Å². The molecule has 0 fully saturated rings. The van der Waals surface area contributed by atoms with Gasteiger partial charge in [-0.15, -0.1) is 0 Å². The SMILES string of the molecule is COc1ccc(/C=N\NC(=O)[C@H](C)Nc2nc3ccccc3s2)cc1OC. The molecule has 0 aliphatic carbocycles. The van der Waals surface area contributed by atoms with Crippen molar-refractivity contribution in [2.45, 2.75) is 13.0 Å². The van der Waals surface area contributed by atoms with Crippen LogP contribution in [-0.2, 0) is 4.79 Å². The van der Waals surface area contributed by atoms with Crippen molar-refractivity contribution in [3.8, 4) is 11.5 Å². The van der Waals surface area contributed by atoms with Crippen LogP contribution in [0.2, 0.25) is 0 Å². The first-order valence-electron chi connectivity index (χ1n) is 8.27. The molecule has 3 rings (SSSR count). The summed E-state index contributed by atoms with van der Waals surface area (Å²) in [6, 6.07) is 12.7. The number of carbonyl (C=O) groups excluding carboxylic acids is 1. The van der Waals surface area contributed by atoms with Gasteiger partial charge in [-0.3, -0.25) is 4.79 Å². The highest BCUT2D eigenvalue weighted by Crippen LogP contribution is 2.27. The third kappa shape index (κ3) is 4.53. The molecule has 8 heteroatoms. The summed E-state index contributed by atoms with van der Waals surface area (Å²) in [7, 11) is 3.14. The van der Waals surface area contributed by atoms with Crippen LogP contribution in [0.15, 0.2) is 47.6 Å². The number of aromatic nitrogens is 1. The van der Waals surface area contributed by atoms with Crippen LogP contribution in [0.3, 0.4) is 0 Å². The summed E-state index contributed by atoms with van der Waals surface area (Å²) >= 11 is 1.50. The molecule has 1 atom stereocenters. The lowest BCUT2D eigenvalue weighted by atomic mass is 10.2. The number of anilines is 1. The molecule has 0 saturated heterocycles. The minimum atomic E-state index is -0.479. The van der Waals surface area contributed by atoms with Gasteiger partial charge in [-0.05, 0) is 42.8 Å². The molecule has 0 aliphatic heterocycles. The van der Waals surface area contributed by atoms with Crippen molar-refractivity contribution in [1.29, 1.82) is 0 Å². The molecule has 0 unspecified atom stereocenters. The third-order valence-corrected chi connectivity index (χ3v) is 4.79. The van der Waals surface area contributed by atoms with E-state index in [9.17, 15) is 4.79 Å².